The molecule has 1 fully saturated rings. The average molecular weight is 580 g/mol. The monoisotopic (exact) mass is 579 g/mol. The van der Waals surface area contributed by atoms with Crippen LogP contribution in [0.25, 0.3) is 0 Å². The van der Waals surface area contributed by atoms with E-state index in [9.17, 15) is 24.0 Å². The van der Waals surface area contributed by atoms with Gasteiger partial charge in [-0.05, 0) is 30.4 Å². The lowest BCUT2D eigenvalue weighted by atomic mass is 10.00. The van der Waals surface area contributed by atoms with Crippen molar-refractivity contribution >= 4 is 29.6 Å². The van der Waals surface area contributed by atoms with Gasteiger partial charge in [0.05, 0.1) is 13.1 Å². The van der Waals surface area contributed by atoms with E-state index in [0.717, 1.165) is 11.1 Å². The Morgan fingerprint density at radius 3 is 1.86 bits per heavy atom. The highest BCUT2D eigenvalue weighted by molar-refractivity contribution is 5.94. The third kappa shape index (κ3) is 11.0. The number of hydrogen-bond acceptors (Lipinski definition) is 7. The van der Waals surface area contributed by atoms with Gasteiger partial charge in [-0.25, -0.2) is 4.79 Å². The summed E-state index contributed by atoms with van der Waals surface area (Å²) in [5.41, 5.74) is 1.62. The molecular formula is C31H41N5O6. The van der Waals surface area contributed by atoms with Crippen molar-refractivity contribution in [2.45, 2.75) is 64.2 Å². The maximum atomic E-state index is 13.6. The van der Waals surface area contributed by atoms with Gasteiger partial charge in [-0.3, -0.25) is 19.2 Å². The lowest BCUT2D eigenvalue weighted by Gasteiger charge is -2.26. The van der Waals surface area contributed by atoms with Crippen LogP contribution in [-0.2, 0) is 41.6 Å². The van der Waals surface area contributed by atoms with E-state index in [1.807, 2.05) is 74.5 Å². The highest BCUT2D eigenvalue weighted by atomic mass is 16.5. The first-order chi connectivity index (χ1) is 20.1. The molecule has 1 aliphatic heterocycles. The van der Waals surface area contributed by atoms with Gasteiger partial charge in [0.25, 0.3) is 0 Å². The Bertz CT molecular complexity index is 1210. The van der Waals surface area contributed by atoms with Crippen molar-refractivity contribution in [3.63, 3.8) is 0 Å². The predicted molar refractivity (Wildman–Crippen MR) is 157 cm³/mol. The first-order valence-corrected chi connectivity index (χ1v) is 14.3. The van der Waals surface area contributed by atoms with Gasteiger partial charge in [0.2, 0.25) is 23.6 Å². The normalized spacial score (nSPS) is 23.5. The maximum Gasteiger partial charge on any atom is 0.329 e. The molecule has 3 rings (SSSR count). The summed E-state index contributed by atoms with van der Waals surface area (Å²) in [5.74, 6) is -2.66. The van der Waals surface area contributed by atoms with E-state index in [-0.39, 0.29) is 44.5 Å². The molecule has 0 spiro atoms. The zero-order valence-corrected chi connectivity index (χ0v) is 24.4. The second-order valence-electron chi connectivity index (χ2n) is 10.9. The van der Waals surface area contributed by atoms with Gasteiger partial charge in [-0.15, -0.1) is 0 Å². The number of carbonyl (C=O) groups is 5. The Labute approximate surface area is 246 Å². The van der Waals surface area contributed by atoms with Gasteiger partial charge >= 0.3 is 5.97 Å². The largest absolute Gasteiger partial charge is 0.463 e. The van der Waals surface area contributed by atoms with Crippen LogP contribution in [0.4, 0.5) is 0 Å². The van der Waals surface area contributed by atoms with Gasteiger partial charge in [0.15, 0.2) is 0 Å². The van der Waals surface area contributed by atoms with E-state index in [0.29, 0.717) is 6.42 Å². The van der Waals surface area contributed by atoms with Crippen molar-refractivity contribution in [3.8, 4) is 0 Å². The molecule has 2 aromatic carbocycles. The molecule has 1 aliphatic rings. The van der Waals surface area contributed by atoms with Crippen LogP contribution in [-0.4, -0.2) is 73.5 Å². The molecule has 1 unspecified atom stereocenters. The molecule has 42 heavy (non-hydrogen) atoms. The average Bonchev–Trinajstić information content (AvgIpc) is 2.97. The fourth-order valence-electron chi connectivity index (χ4n) is 4.47. The predicted octanol–water partition coefficient (Wildman–Crippen LogP) is 0.623. The number of carbonyl (C=O) groups excluding carboxylic acids is 5. The van der Waals surface area contributed by atoms with Gasteiger partial charge in [-0.2, -0.15) is 0 Å². The van der Waals surface area contributed by atoms with Crippen molar-refractivity contribution in [2.24, 2.45) is 5.92 Å². The fraction of sp³-hybridized carbons (Fsp3) is 0.452. The molecule has 11 heteroatoms. The number of benzene rings is 2. The maximum absolute atomic E-state index is 13.6. The van der Waals surface area contributed by atoms with Crippen LogP contribution < -0.4 is 26.6 Å². The number of amides is 4. The Kier molecular flexibility index (Phi) is 12.5. The SMILES string of the molecule is CC(C)C[C@@H]1NC(=O)[C@H](Cc2ccccc2)NC(=O)CNC(=O)CNC(C)COC(=O)[C@H](Cc2ccccc2)NC1=O. The number of ether oxygens (including phenoxy) is 1. The summed E-state index contributed by atoms with van der Waals surface area (Å²) in [6.07, 6.45) is 0.656. The molecule has 226 valence electrons. The third-order valence-corrected chi connectivity index (χ3v) is 6.69. The second kappa shape index (κ2) is 16.3. The zero-order valence-electron chi connectivity index (χ0n) is 24.4. The lowest BCUT2D eigenvalue weighted by Crippen LogP contribution is -2.57. The number of nitrogens with one attached hydrogen (secondary N) is 5. The van der Waals surface area contributed by atoms with E-state index < -0.39 is 47.7 Å². The molecule has 5 N–H and O–H groups in total. The first kappa shape index (κ1) is 32.3. The molecule has 1 heterocycles. The Morgan fingerprint density at radius 1 is 0.714 bits per heavy atom. The van der Waals surface area contributed by atoms with E-state index in [1.54, 1.807) is 6.92 Å². The Morgan fingerprint density at radius 2 is 1.26 bits per heavy atom. The standard InChI is InChI=1S/C31H41N5O6/c1-20(2)14-24-29(39)36-26(16-23-12-8-5-9-13-23)31(41)42-19-21(3)32-17-27(37)33-18-28(38)34-25(30(40)35-24)15-22-10-6-4-7-11-22/h4-13,20-21,24-26,32H,14-19H2,1-3H3,(H,33,37)(H,34,38)(H,35,40)(H,36,39)/t21?,24-,25-,26-/m0/s1. The topological polar surface area (TPSA) is 155 Å². The van der Waals surface area contributed by atoms with Crippen molar-refractivity contribution in [1.82, 2.24) is 26.6 Å². The Hall–Kier alpha value is -4.25. The van der Waals surface area contributed by atoms with Crippen LogP contribution in [0.5, 0.6) is 0 Å². The zero-order chi connectivity index (χ0) is 30.5. The molecule has 4 atom stereocenters. The van der Waals surface area contributed by atoms with E-state index in [2.05, 4.69) is 26.6 Å². The third-order valence-electron chi connectivity index (χ3n) is 6.69. The van der Waals surface area contributed by atoms with Gasteiger partial charge in [0.1, 0.15) is 24.7 Å². The summed E-state index contributed by atoms with van der Waals surface area (Å²) in [6, 6.07) is 15.0. The Balaban J connectivity index is 1.89. The summed E-state index contributed by atoms with van der Waals surface area (Å²) >= 11 is 0. The highest BCUT2D eigenvalue weighted by Gasteiger charge is 2.31. The summed E-state index contributed by atoms with van der Waals surface area (Å²) < 4.78 is 5.51. The highest BCUT2D eigenvalue weighted by Crippen LogP contribution is 2.11. The number of esters is 1. The van der Waals surface area contributed by atoms with Crippen LogP contribution in [0.3, 0.4) is 0 Å². The molecule has 4 amide bonds. The molecule has 0 radical (unpaired) electrons. The second-order valence-corrected chi connectivity index (χ2v) is 10.9. The molecule has 0 aromatic heterocycles. The smallest absolute Gasteiger partial charge is 0.329 e. The van der Waals surface area contributed by atoms with Crippen molar-refractivity contribution < 1.29 is 28.7 Å². The summed E-state index contributed by atoms with van der Waals surface area (Å²) in [7, 11) is 0. The first-order valence-electron chi connectivity index (χ1n) is 14.3. The van der Waals surface area contributed by atoms with E-state index >= 15 is 0 Å². The lowest BCUT2D eigenvalue weighted by molar-refractivity contribution is -0.148. The molecule has 2 aromatic rings. The van der Waals surface area contributed by atoms with Crippen LogP contribution in [0.15, 0.2) is 60.7 Å². The molecule has 0 bridgehead atoms. The van der Waals surface area contributed by atoms with Crippen LogP contribution >= 0.6 is 0 Å². The minimum absolute atomic E-state index is 0.0303. The quantitative estimate of drug-likeness (QED) is 0.315. The van der Waals surface area contributed by atoms with E-state index in [4.69, 9.17) is 4.74 Å². The number of cyclic esters (lactones) is 1. The van der Waals surface area contributed by atoms with Gasteiger partial charge < -0.3 is 31.3 Å². The number of rotatable bonds is 6. The van der Waals surface area contributed by atoms with Crippen LogP contribution in [0, 0.1) is 5.92 Å². The van der Waals surface area contributed by atoms with Crippen LogP contribution in [0.1, 0.15) is 38.3 Å². The summed E-state index contributed by atoms with van der Waals surface area (Å²) in [6.45, 7) is 5.10. The van der Waals surface area contributed by atoms with Crippen molar-refractivity contribution in [2.75, 3.05) is 19.7 Å². The van der Waals surface area contributed by atoms with Crippen LogP contribution in [0.2, 0.25) is 0 Å². The minimum atomic E-state index is -1.01. The molecule has 11 nitrogen and oxygen atoms in total. The molecule has 0 aliphatic carbocycles. The van der Waals surface area contributed by atoms with E-state index in [1.165, 1.54) is 0 Å². The molecular weight excluding hydrogens is 538 g/mol. The molecule has 1 saturated heterocycles. The van der Waals surface area contributed by atoms with Crippen molar-refractivity contribution in [3.05, 3.63) is 71.8 Å². The minimum Gasteiger partial charge on any atom is -0.463 e. The summed E-state index contributed by atoms with van der Waals surface area (Å²) in [4.78, 5) is 65.4. The van der Waals surface area contributed by atoms with Gasteiger partial charge in [0, 0.05) is 18.9 Å². The molecule has 0 saturated carbocycles. The number of hydrogen-bond donors (Lipinski definition) is 5. The summed E-state index contributed by atoms with van der Waals surface area (Å²) in [5, 5.41) is 13.8. The van der Waals surface area contributed by atoms with Gasteiger partial charge in [-0.1, -0.05) is 74.5 Å². The fourth-order valence-corrected chi connectivity index (χ4v) is 4.47. The van der Waals surface area contributed by atoms with Crippen molar-refractivity contribution in [1.29, 1.82) is 0 Å².